The van der Waals surface area contributed by atoms with Crippen LogP contribution in [0.1, 0.15) is 17.2 Å². The summed E-state index contributed by atoms with van der Waals surface area (Å²) in [6.07, 6.45) is 0. The van der Waals surface area contributed by atoms with Crippen molar-refractivity contribution in [2.45, 2.75) is 13.0 Å². The predicted octanol–water partition coefficient (Wildman–Crippen LogP) is 3.17. The highest BCUT2D eigenvalue weighted by Gasteiger charge is 2.09. The molecule has 2 rings (SSSR count). The lowest BCUT2D eigenvalue weighted by Gasteiger charge is -2.20. The highest BCUT2D eigenvalue weighted by atomic mass is 15.1. The number of hydrogen-bond donors (Lipinski definition) is 2. The van der Waals surface area contributed by atoms with Crippen molar-refractivity contribution in [1.82, 2.24) is 0 Å². The smallest absolute Gasteiger partial charge is 0.0636 e. The van der Waals surface area contributed by atoms with Crippen LogP contribution in [0.25, 0.3) is 0 Å². The van der Waals surface area contributed by atoms with Gasteiger partial charge in [0, 0.05) is 32.0 Å². The van der Waals surface area contributed by atoms with Crippen molar-refractivity contribution in [1.29, 1.82) is 0 Å². The van der Waals surface area contributed by atoms with E-state index in [2.05, 4.69) is 65.7 Å². The molecular formula is C17H23N3. The summed E-state index contributed by atoms with van der Waals surface area (Å²) in [4.78, 5) is 2.09. The molecule has 2 aromatic rings. The molecule has 1 unspecified atom stereocenters. The molecule has 0 bridgehead atoms. The maximum absolute atomic E-state index is 5.92. The number of nitrogens with two attached hydrogens (primary N) is 1. The van der Waals surface area contributed by atoms with E-state index in [9.17, 15) is 0 Å². The molecule has 3 nitrogen and oxygen atoms in total. The molecule has 0 radical (unpaired) electrons. The highest BCUT2D eigenvalue weighted by Crippen LogP contribution is 2.22. The number of nitrogens with one attached hydrogen (secondary N) is 1. The van der Waals surface area contributed by atoms with E-state index in [4.69, 9.17) is 5.73 Å². The van der Waals surface area contributed by atoms with Crippen molar-refractivity contribution in [3.8, 4) is 0 Å². The number of anilines is 2. The fraction of sp³-hybridized carbons (Fsp3) is 0.294. The molecular weight excluding hydrogens is 246 g/mol. The second kappa shape index (κ2) is 6.44. The minimum Gasteiger partial charge on any atom is -0.378 e. The van der Waals surface area contributed by atoms with Crippen molar-refractivity contribution in [2.24, 2.45) is 5.73 Å². The van der Waals surface area contributed by atoms with Crippen LogP contribution in [0.15, 0.2) is 48.5 Å². The maximum atomic E-state index is 5.92. The van der Waals surface area contributed by atoms with Gasteiger partial charge in [-0.1, -0.05) is 24.3 Å². The fourth-order valence-corrected chi connectivity index (χ4v) is 2.22. The minimum absolute atomic E-state index is 0.132. The Labute approximate surface area is 121 Å². The van der Waals surface area contributed by atoms with Gasteiger partial charge in [-0.05, 0) is 42.3 Å². The Balaban J connectivity index is 2.15. The summed E-state index contributed by atoms with van der Waals surface area (Å²) < 4.78 is 0. The fourth-order valence-electron chi connectivity index (χ4n) is 2.22. The topological polar surface area (TPSA) is 41.3 Å². The van der Waals surface area contributed by atoms with Gasteiger partial charge >= 0.3 is 0 Å². The highest BCUT2D eigenvalue weighted by molar-refractivity contribution is 5.50. The zero-order chi connectivity index (χ0) is 14.5. The summed E-state index contributed by atoms with van der Waals surface area (Å²) in [7, 11) is 4.08. The van der Waals surface area contributed by atoms with Crippen LogP contribution in [0.5, 0.6) is 0 Å². The number of nitrogens with zero attached hydrogens (tertiary/aromatic N) is 1. The molecule has 0 heterocycles. The van der Waals surface area contributed by atoms with Crippen molar-refractivity contribution in [2.75, 3.05) is 30.9 Å². The zero-order valence-electron chi connectivity index (χ0n) is 12.4. The van der Waals surface area contributed by atoms with Gasteiger partial charge in [-0.2, -0.15) is 0 Å². The van der Waals surface area contributed by atoms with Gasteiger partial charge in [0.05, 0.1) is 6.04 Å². The Hall–Kier alpha value is -2.00. The van der Waals surface area contributed by atoms with Crippen molar-refractivity contribution in [3.63, 3.8) is 0 Å². The molecule has 0 fully saturated rings. The predicted molar refractivity (Wildman–Crippen MR) is 87.4 cm³/mol. The third kappa shape index (κ3) is 3.52. The van der Waals surface area contributed by atoms with Gasteiger partial charge in [0.25, 0.3) is 0 Å². The standard InChI is InChI=1S/C17H23N3/c1-13-5-4-6-15(11-13)19-17(12-18)14-7-9-16(10-8-14)20(2)3/h4-11,17,19H,12,18H2,1-3H3. The van der Waals surface area contributed by atoms with Crippen LogP contribution in [-0.2, 0) is 0 Å². The molecule has 0 aliphatic rings. The summed E-state index contributed by atoms with van der Waals surface area (Å²) in [6.45, 7) is 2.66. The van der Waals surface area contributed by atoms with Crippen LogP contribution < -0.4 is 16.0 Å². The Bertz CT molecular complexity index is 546. The van der Waals surface area contributed by atoms with Gasteiger partial charge < -0.3 is 16.0 Å². The molecule has 3 N–H and O–H groups in total. The maximum Gasteiger partial charge on any atom is 0.0636 e. The van der Waals surface area contributed by atoms with Crippen LogP contribution in [0.4, 0.5) is 11.4 Å². The number of rotatable bonds is 5. The number of aryl methyl sites for hydroxylation is 1. The third-order valence-electron chi connectivity index (χ3n) is 3.41. The molecule has 0 aliphatic carbocycles. The lowest BCUT2D eigenvalue weighted by atomic mass is 10.1. The first kappa shape index (κ1) is 14.4. The summed E-state index contributed by atoms with van der Waals surface area (Å²) in [6, 6.07) is 17.0. The quantitative estimate of drug-likeness (QED) is 0.876. The van der Waals surface area contributed by atoms with Crippen LogP contribution >= 0.6 is 0 Å². The van der Waals surface area contributed by atoms with Crippen LogP contribution in [-0.4, -0.2) is 20.6 Å². The third-order valence-corrected chi connectivity index (χ3v) is 3.41. The van der Waals surface area contributed by atoms with E-state index in [0.717, 1.165) is 5.69 Å². The lowest BCUT2D eigenvalue weighted by Crippen LogP contribution is -2.20. The molecule has 0 saturated heterocycles. The van der Waals surface area contributed by atoms with Crippen LogP contribution in [0.3, 0.4) is 0 Å². The molecule has 106 valence electrons. The Morgan fingerprint density at radius 3 is 2.35 bits per heavy atom. The molecule has 0 aromatic heterocycles. The van der Waals surface area contributed by atoms with E-state index in [1.54, 1.807) is 0 Å². The summed E-state index contributed by atoms with van der Waals surface area (Å²) in [5, 5.41) is 3.50. The van der Waals surface area contributed by atoms with Crippen LogP contribution in [0, 0.1) is 6.92 Å². The first-order chi connectivity index (χ1) is 9.60. The summed E-state index contributed by atoms with van der Waals surface area (Å²) >= 11 is 0. The van der Waals surface area contributed by atoms with Crippen molar-refractivity contribution < 1.29 is 0 Å². The normalized spacial score (nSPS) is 12.0. The molecule has 20 heavy (non-hydrogen) atoms. The first-order valence-electron chi connectivity index (χ1n) is 6.90. The van der Waals surface area contributed by atoms with E-state index in [1.807, 2.05) is 14.1 Å². The van der Waals surface area contributed by atoms with Crippen molar-refractivity contribution in [3.05, 3.63) is 59.7 Å². The van der Waals surface area contributed by atoms with Gasteiger partial charge in [-0.15, -0.1) is 0 Å². The average Bonchev–Trinajstić information content (AvgIpc) is 2.45. The number of hydrogen-bond acceptors (Lipinski definition) is 3. The number of benzene rings is 2. The molecule has 0 aliphatic heterocycles. The van der Waals surface area contributed by atoms with E-state index in [0.29, 0.717) is 6.54 Å². The molecule has 1 atom stereocenters. The molecule has 0 amide bonds. The molecule has 0 saturated carbocycles. The Kier molecular flexibility index (Phi) is 4.64. The SMILES string of the molecule is Cc1cccc(NC(CN)c2ccc(N(C)C)cc2)c1. The van der Waals surface area contributed by atoms with E-state index in [-0.39, 0.29) is 6.04 Å². The van der Waals surface area contributed by atoms with E-state index in [1.165, 1.54) is 16.8 Å². The summed E-state index contributed by atoms with van der Waals surface area (Å²) in [5.74, 6) is 0. The first-order valence-corrected chi connectivity index (χ1v) is 6.90. The molecule has 0 spiro atoms. The van der Waals surface area contributed by atoms with Gasteiger partial charge in [-0.25, -0.2) is 0 Å². The van der Waals surface area contributed by atoms with Gasteiger partial charge in [0.1, 0.15) is 0 Å². The largest absolute Gasteiger partial charge is 0.378 e. The van der Waals surface area contributed by atoms with E-state index >= 15 is 0 Å². The van der Waals surface area contributed by atoms with Crippen LogP contribution in [0.2, 0.25) is 0 Å². The van der Waals surface area contributed by atoms with E-state index < -0.39 is 0 Å². The Morgan fingerprint density at radius 1 is 1.10 bits per heavy atom. The second-order valence-electron chi connectivity index (χ2n) is 5.29. The van der Waals surface area contributed by atoms with Gasteiger partial charge in [0.2, 0.25) is 0 Å². The lowest BCUT2D eigenvalue weighted by molar-refractivity contribution is 0.790. The average molecular weight is 269 g/mol. The molecule has 3 heteroatoms. The minimum atomic E-state index is 0.132. The second-order valence-corrected chi connectivity index (χ2v) is 5.29. The summed E-state index contributed by atoms with van der Waals surface area (Å²) in [5.41, 5.74) is 10.7. The van der Waals surface area contributed by atoms with Crippen molar-refractivity contribution >= 4 is 11.4 Å². The van der Waals surface area contributed by atoms with Gasteiger partial charge in [-0.3, -0.25) is 0 Å². The van der Waals surface area contributed by atoms with Gasteiger partial charge in [0.15, 0.2) is 0 Å². The monoisotopic (exact) mass is 269 g/mol. The Morgan fingerprint density at radius 2 is 1.80 bits per heavy atom. The molecule has 2 aromatic carbocycles. The zero-order valence-corrected chi connectivity index (χ0v) is 12.4.